The van der Waals surface area contributed by atoms with Crippen molar-refractivity contribution in [3.63, 3.8) is 0 Å². The smallest absolute Gasteiger partial charge is 0.168 e. The zero-order valence-electron chi connectivity index (χ0n) is 20.6. The molecule has 2 aromatic carbocycles. The predicted octanol–water partition coefficient (Wildman–Crippen LogP) is 4.16. The van der Waals surface area contributed by atoms with Crippen LogP contribution < -0.4 is 19.5 Å². The minimum Gasteiger partial charge on any atom is -0.494 e. The molecule has 8 nitrogen and oxygen atoms in total. The number of nitrogens with zero attached hydrogens (tertiary/aromatic N) is 4. The summed E-state index contributed by atoms with van der Waals surface area (Å²) in [6.07, 6.45) is 2.26. The van der Waals surface area contributed by atoms with Gasteiger partial charge in [-0.2, -0.15) is 5.26 Å². The molecule has 0 saturated carbocycles. The van der Waals surface area contributed by atoms with Gasteiger partial charge < -0.3 is 29.3 Å². The summed E-state index contributed by atoms with van der Waals surface area (Å²) in [5.41, 5.74) is 0.990. The van der Waals surface area contributed by atoms with Gasteiger partial charge in [0, 0.05) is 62.5 Å². The zero-order chi connectivity index (χ0) is 25.7. The van der Waals surface area contributed by atoms with E-state index in [0.717, 1.165) is 45.2 Å². The first kappa shape index (κ1) is 25.4. The van der Waals surface area contributed by atoms with Crippen molar-refractivity contribution >= 4 is 22.3 Å². The number of piperazine rings is 1. The predicted molar refractivity (Wildman–Crippen MR) is 133 cm³/mol. The average molecular weight is 498 g/mol. The number of benzene rings is 2. The number of likely N-dealkylation sites (N-methyl/N-ethyl adjacent to an activating group) is 1. The van der Waals surface area contributed by atoms with Crippen LogP contribution >= 0.6 is 0 Å². The van der Waals surface area contributed by atoms with Gasteiger partial charge in [-0.15, -0.1) is 0 Å². The molecular weight excluding hydrogens is 468 g/mol. The number of hydrogen-bond acceptors (Lipinski definition) is 8. The van der Waals surface area contributed by atoms with E-state index in [1.165, 1.54) is 26.5 Å². The van der Waals surface area contributed by atoms with Gasteiger partial charge in [0.2, 0.25) is 0 Å². The SMILES string of the molecule is COc1cc(Nc2c(C#N)cnc3cc(OCCCN4CCN(C)CC4)c(OC)cc23)c(F)cc1F. The van der Waals surface area contributed by atoms with Crippen molar-refractivity contribution < 1.29 is 23.0 Å². The van der Waals surface area contributed by atoms with Gasteiger partial charge in [-0.25, -0.2) is 8.78 Å². The fourth-order valence-corrected chi connectivity index (χ4v) is 4.15. The molecule has 0 spiro atoms. The van der Waals surface area contributed by atoms with Crippen LogP contribution in [0.25, 0.3) is 10.9 Å². The highest BCUT2D eigenvalue weighted by molar-refractivity contribution is 5.97. The van der Waals surface area contributed by atoms with Gasteiger partial charge in [0.25, 0.3) is 0 Å². The third-order valence-corrected chi connectivity index (χ3v) is 6.25. The number of halogens is 2. The van der Waals surface area contributed by atoms with Gasteiger partial charge in [-0.3, -0.25) is 4.98 Å². The molecule has 1 saturated heterocycles. The molecule has 4 rings (SSSR count). The molecule has 1 aliphatic rings. The lowest BCUT2D eigenvalue weighted by Crippen LogP contribution is -2.44. The molecule has 1 aromatic heterocycles. The van der Waals surface area contributed by atoms with Crippen LogP contribution in [0.4, 0.5) is 20.2 Å². The Morgan fingerprint density at radius 3 is 2.44 bits per heavy atom. The molecular formula is C26H29F2N5O3. The van der Waals surface area contributed by atoms with Crippen LogP contribution in [0.15, 0.2) is 30.5 Å². The number of methoxy groups -OCH3 is 2. The quantitative estimate of drug-likeness (QED) is 0.442. The molecule has 0 aliphatic carbocycles. The molecule has 0 amide bonds. The highest BCUT2D eigenvalue weighted by atomic mass is 19.1. The summed E-state index contributed by atoms with van der Waals surface area (Å²) in [5.74, 6) is -0.785. The highest BCUT2D eigenvalue weighted by Gasteiger charge is 2.18. The van der Waals surface area contributed by atoms with Crippen molar-refractivity contribution in [1.82, 2.24) is 14.8 Å². The van der Waals surface area contributed by atoms with Crippen molar-refractivity contribution in [2.45, 2.75) is 6.42 Å². The topological polar surface area (TPSA) is 82.9 Å². The van der Waals surface area contributed by atoms with E-state index in [4.69, 9.17) is 14.2 Å². The number of pyridine rings is 1. The Hall–Kier alpha value is -3.68. The lowest BCUT2D eigenvalue weighted by Gasteiger charge is -2.32. The van der Waals surface area contributed by atoms with Crippen LogP contribution in [0, 0.1) is 23.0 Å². The Morgan fingerprint density at radius 2 is 1.75 bits per heavy atom. The summed E-state index contributed by atoms with van der Waals surface area (Å²) < 4.78 is 44.9. The summed E-state index contributed by atoms with van der Waals surface area (Å²) in [6, 6.07) is 7.42. The molecule has 1 aliphatic heterocycles. The summed E-state index contributed by atoms with van der Waals surface area (Å²) in [5, 5.41) is 13.1. The molecule has 1 fully saturated rings. The van der Waals surface area contributed by atoms with Gasteiger partial charge in [-0.1, -0.05) is 0 Å². The minimum absolute atomic E-state index is 0.0413. The van der Waals surface area contributed by atoms with Gasteiger partial charge in [0.15, 0.2) is 23.1 Å². The number of fused-ring (bicyclic) bond motifs is 1. The summed E-state index contributed by atoms with van der Waals surface area (Å²) in [4.78, 5) is 9.13. The fourth-order valence-electron chi connectivity index (χ4n) is 4.15. The van der Waals surface area contributed by atoms with Gasteiger partial charge >= 0.3 is 0 Å². The highest BCUT2D eigenvalue weighted by Crippen LogP contribution is 2.38. The lowest BCUT2D eigenvalue weighted by atomic mass is 10.1. The zero-order valence-corrected chi connectivity index (χ0v) is 20.6. The van der Waals surface area contributed by atoms with E-state index >= 15 is 0 Å². The fraction of sp³-hybridized carbons (Fsp3) is 0.385. The maximum Gasteiger partial charge on any atom is 0.168 e. The van der Waals surface area contributed by atoms with Crippen molar-refractivity contribution in [3.8, 4) is 23.3 Å². The van der Waals surface area contributed by atoms with E-state index < -0.39 is 11.6 Å². The number of hydrogen-bond donors (Lipinski definition) is 1. The second-order valence-electron chi connectivity index (χ2n) is 8.62. The number of nitrogens with one attached hydrogen (secondary N) is 1. The Morgan fingerprint density at radius 1 is 1.00 bits per heavy atom. The molecule has 10 heteroatoms. The third kappa shape index (κ3) is 5.58. The molecule has 0 unspecified atom stereocenters. The first-order valence-electron chi connectivity index (χ1n) is 11.7. The minimum atomic E-state index is -0.825. The normalized spacial score (nSPS) is 14.4. The Bertz CT molecular complexity index is 1270. The number of ether oxygens (including phenoxy) is 3. The van der Waals surface area contributed by atoms with E-state index in [1.54, 1.807) is 12.1 Å². The van der Waals surface area contributed by atoms with Crippen LogP contribution in [0.2, 0.25) is 0 Å². The molecule has 0 radical (unpaired) electrons. The van der Waals surface area contributed by atoms with E-state index in [-0.39, 0.29) is 17.0 Å². The summed E-state index contributed by atoms with van der Waals surface area (Å²) >= 11 is 0. The van der Waals surface area contributed by atoms with Gasteiger partial charge in [-0.05, 0) is 19.5 Å². The largest absolute Gasteiger partial charge is 0.494 e. The summed E-state index contributed by atoms with van der Waals surface area (Å²) in [7, 11) is 4.95. The monoisotopic (exact) mass is 497 g/mol. The van der Waals surface area contributed by atoms with E-state index in [2.05, 4.69) is 33.2 Å². The number of rotatable bonds is 9. The van der Waals surface area contributed by atoms with E-state index in [0.29, 0.717) is 34.7 Å². The van der Waals surface area contributed by atoms with Gasteiger partial charge in [0.05, 0.1) is 43.3 Å². The van der Waals surface area contributed by atoms with Crippen LogP contribution in [0.1, 0.15) is 12.0 Å². The van der Waals surface area contributed by atoms with E-state index in [9.17, 15) is 14.0 Å². The maximum atomic E-state index is 14.5. The van der Waals surface area contributed by atoms with Crippen molar-refractivity contribution in [3.05, 3.63) is 47.7 Å². The maximum absolute atomic E-state index is 14.5. The van der Waals surface area contributed by atoms with Crippen LogP contribution in [-0.4, -0.2) is 75.4 Å². The van der Waals surface area contributed by atoms with Crippen LogP contribution in [0.5, 0.6) is 17.2 Å². The number of anilines is 2. The second kappa shape index (κ2) is 11.4. The first-order valence-corrected chi connectivity index (χ1v) is 11.7. The molecule has 1 N–H and O–H groups in total. The average Bonchev–Trinajstić information content (AvgIpc) is 2.88. The van der Waals surface area contributed by atoms with Gasteiger partial charge in [0.1, 0.15) is 11.9 Å². The Kier molecular flexibility index (Phi) is 8.03. The molecule has 0 bridgehead atoms. The third-order valence-electron chi connectivity index (χ3n) is 6.25. The van der Waals surface area contributed by atoms with Crippen molar-refractivity contribution in [2.75, 3.05) is 65.9 Å². The van der Waals surface area contributed by atoms with E-state index in [1.807, 2.05) is 0 Å². The lowest BCUT2D eigenvalue weighted by molar-refractivity contribution is 0.145. The van der Waals surface area contributed by atoms with Crippen molar-refractivity contribution in [2.24, 2.45) is 0 Å². The molecule has 2 heterocycles. The molecule has 0 atom stereocenters. The molecule has 36 heavy (non-hydrogen) atoms. The molecule has 190 valence electrons. The van der Waals surface area contributed by atoms with Crippen LogP contribution in [-0.2, 0) is 0 Å². The molecule has 3 aromatic rings. The Balaban J connectivity index is 1.57. The van der Waals surface area contributed by atoms with Crippen molar-refractivity contribution in [1.29, 1.82) is 5.26 Å². The standard InChI is InChI=1S/C26H29F2N5O3/c1-32-6-8-33(9-7-32)5-4-10-36-25-13-21-18(11-24(25)35-3)26(17(15-29)16-30-21)31-22-14-23(34-2)20(28)12-19(22)27/h11-14,16H,4-10H2,1-3H3,(H,30,31). The number of aromatic nitrogens is 1. The second-order valence-corrected chi connectivity index (χ2v) is 8.62. The Labute approximate surface area is 209 Å². The van der Waals surface area contributed by atoms with Crippen LogP contribution in [0.3, 0.4) is 0 Å². The number of nitriles is 1. The summed E-state index contributed by atoms with van der Waals surface area (Å²) in [6.45, 7) is 5.71. The first-order chi connectivity index (χ1) is 17.4.